The lowest BCUT2D eigenvalue weighted by atomic mass is 10.1. The summed E-state index contributed by atoms with van der Waals surface area (Å²) in [5, 5.41) is 8.24. The summed E-state index contributed by atoms with van der Waals surface area (Å²) in [5.74, 6) is 1.01. The first kappa shape index (κ1) is 54.1. The Balaban J connectivity index is 0. The van der Waals surface area contributed by atoms with Crippen LogP contribution in [0, 0.1) is 0 Å². The quantitative estimate of drug-likeness (QED) is 0.0114. The molecule has 2 rings (SSSR count). The normalized spacial score (nSPS) is 11.6. The number of rotatable bonds is 21. The average Bonchev–Trinajstić information content (AvgIpc) is 3.25. The third kappa shape index (κ3) is 25.2. The van der Waals surface area contributed by atoms with Crippen LogP contribution >= 0.6 is 0 Å². The van der Waals surface area contributed by atoms with Crippen LogP contribution in [0.5, 0.6) is 11.5 Å². The number of nitrogens with zero attached hydrogens (tertiary/aromatic N) is 2. The molecule has 0 heterocycles. The molecule has 0 unspecified atom stereocenters. The van der Waals surface area contributed by atoms with Gasteiger partial charge in [-0.1, -0.05) is 54.2 Å². The minimum atomic E-state index is -0.449. The van der Waals surface area contributed by atoms with Gasteiger partial charge in [-0.15, -0.1) is 0 Å². The van der Waals surface area contributed by atoms with E-state index in [2.05, 4.69) is 21.5 Å². The maximum Gasteiger partial charge on any atom is 0.343 e. The van der Waals surface area contributed by atoms with Gasteiger partial charge >= 0.3 is 17.9 Å². The number of unbranched alkanes of at least 4 members (excludes halogenated alkanes) is 1. The van der Waals surface area contributed by atoms with Crippen molar-refractivity contribution in [3.8, 4) is 11.5 Å². The highest BCUT2D eigenvalue weighted by Gasteiger charge is 2.12. The van der Waals surface area contributed by atoms with Crippen molar-refractivity contribution in [2.24, 2.45) is 10.2 Å². The number of hydrogen-bond acceptors (Lipinski definition) is 12. The number of carbonyl (C=O) groups excluding carboxylic acids is 4. The maximum absolute atomic E-state index is 12.7. The molecule has 0 N–H and O–H groups in total. The van der Waals surface area contributed by atoms with Gasteiger partial charge in [0, 0.05) is 18.1 Å². The van der Waals surface area contributed by atoms with Crippen LogP contribution in [0.25, 0.3) is 0 Å². The fourth-order valence-corrected chi connectivity index (χ4v) is 4.20. The molecule has 0 saturated carbocycles. The van der Waals surface area contributed by atoms with Crippen molar-refractivity contribution in [3.05, 3.63) is 119 Å². The van der Waals surface area contributed by atoms with Crippen LogP contribution in [0.3, 0.4) is 0 Å². The standard InChI is InChI=1S/C40H48N2O8.C2H4O2.2C2H6/c1-8-33(17-14-31(7)47-24-12-13-25-48-38(43)10-3)39(44)49-36-20-15-32(16-21-36)28-42-41-27-29(5)26-30(6)37(9-2)50-40(45)34-18-22-35(23-19-34)46-11-4;1-4-2-3;2*1-2/h10,14-23,26-28H,3,8-9,11-13,24-25H2,1-2,4-7H3;2H,1H3;2*1-2H3/b29-26+,31-14+,33-17+,37-30+,41-27+,42-28+;;;. The molecule has 0 amide bonds. The Hall–Kier alpha value is -6.04. The molecule has 2 aromatic rings. The Morgan fingerprint density at radius 1 is 0.776 bits per heavy atom. The molecule has 0 saturated heterocycles. The minimum absolute atomic E-state index is 0.315. The molecule has 0 atom stereocenters. The van der Waals surface area contributed by atoms with Gasteiger partial charge in [0.05, 0.1) is 50.7 Å². The number of hydrogen-bond donors (Lipinski definition) is 0. The van der Waals surface area contributed by atoms with Gasteiger partial charge < -0.3 is 28.4 Å². The Bertz CT molecular complexity index is 1680. The van der Waals surface area contributed by atoms with Gasteiger partial charge in [-0.25, -0.2) is 14.4 Å². The molecule has 318 valence electrons. The van der Waals surface area contributed by atoms with Crippen LogP contribution in [-0.4, -0.2) is 63.7 Å². The van der Waals surface area contributed by atoms with Gasteiger partial charge in [0.15, 0.2) is 0 Å². The molecule has 0 aliphatic carbocycles. The van der Waals surface area contributed by atoms with Crippen molar-refractivity contribution in [1.29, 1.82) is 0 Å². The second-order valence-electron chi connectivity index (χ2n) is 11.2. The Labute approximate surface area is 346 Å². The number of methoxy groups -OCH3 is 1. The fourth-order valence-electron chi connectivity index (χ4n) is 4.20. The first-order valence-electron chi connectivity index (χ1n) is 19.5. The molecule has 0 spiro atoms. The summed E-state index contributed by atoms with van der Waals surface area (Å²) in [6.45, 7) is 24.3. The minimum Gasteiger partial charge on any atom is -0.498 e. The van der Waals surface area contributed by atoms with Gasteiger partial charge in [-0.05, 0) is 124 Å². The van der Waals surface area contributed by atoms with Crippen LogP contribution in [0.1, 0.15) is 111 Å². The highest BCUT2D eigenvalue weighted by atomic mass is 16.5. The van der Waals surface area contributed by atoms with Crippen molar-refractivity contribution in [3.63, 3.8) is 0 Å². The Morgan fingerprint density at radius 3 is 1.90 bits per heavy atom. The number of benzene rings is 2. The Kier molecular flexibility index (Phi) is 33.0. The van der Waals surface area contributed by atoms with Gasteiger partial charge in [0.25, 0.3) is 6.47 Å². The van der Waals surface area contributed by atoms with Gasteiger partial charge in [0.2, 0.25) is 0 Å². The molecular formula is C46H64N2O10. The number of allylic oxidation sites excluding steroid dienone is 7. The molecule has 0 radical (unpaired) electrons. The molecule has 58 heavy (non-hydrogen) atoms. The Morgan fingerprint density at radius 2 is 1.36 bits per heavy atom. The molecule has 12 heteroatoms. The van der Waals surface area contributed by atoms with E-state index < -0.39 is 17.9 Å². The van der Waals surface area contributed by atoms with Crippen molar-refractivity contribution >= 4 is 36.8 Å². The second-order valence-corrected chi connectivity index (χ2v) is 11.2. The van der Waals surface area contributed by atoms with E-state index in [1.54, 1.807) is 80.0 Å². The first-order valence-corrected chi connectivity index (χ1v) is 19.5. The molecule has 0 bridgehead atoms. The summed E-state index contributed by atoms with van der Waals surface area (Å²) in [7, 11) is 1.31. The van der Waals surface area contributed by atoms with Crippen molar-refractivity contribution in [2.75, 3.05) is 26.9 Å². The van der Waals surface area contributed by atoms with Crippen LogP contribution in [0.4, 0.5) is 0 Å². The highest BCUT2D eigenvalue weighted by Crippen LogP contribution is 2.19. The first-order chi connectivity index (χ1) is 28.0. The van der Waals surface area contributed by atoms with Crippen LogP contribution in [0.2, 0.25) is 0 Å². The summed E-state index contributed by atoms with van der Waals surface area (Å²) in [5.41, 5.74) is 3.34. The summed E-state index contributed by atoms with van der Waals surface area (Å²) < 4.78 is 31.1. The van der Waals surface area contributed by atoms with Crippen LogP contribution < -0.4 is 9.47 Å². The van der Waals surface area contributed by atoms with Gasteiger partial charge in [-0.3, -0.25) is 4.79 Å². The molecule has 12 nitrogen and oxygen atoms in total. The molecule has 0 aliphatic heterocycles. The maximum atomic E-state index is 12.7. The summed E-state index contributed by atoms with van der Waals surface area (Å²) in [6.07, 6.45) is 12.1. The smallest absolute Gasteiger partial charge is 0.343 e. The van der Waals surface area contributed by atoms with Crippen LogP contribution in [-0.2, 0) is 33.3 Å². The predicted molar refractivity (Wildman–Crippen MR) is 232 cm³/mol. The van der Waals surface area contributed by atoms with E-state index in [1.165, 1.54) is 7.11 Å². The van der Waals surface area contributed by atoms with Gasteiger partial charge in [-0.2, -0.15) is 10.2 Å². The number of ether oxygens (including phenoxy) is 6. The molecule has 0 aromatic heterocycles. The van der Waals surface area contributed by atoms with Crippen molar-refractivity contribution in [2.45, 2.75) is 94.9 Å². The topological polar surface area (TPSA) is 148 Å². The lowest BCUT2D eigenvalue weighted by Crippen LogP contribution is -2.10. The zero-order chi connectivity index (χ0) is 44.1. The summed E-state index contributed by atoms with van der Waals surface area (Å²) >= 11 is 0. The monoisotopic (exact) mass is 804 g/mol. The molecule has 0 aliphatic rings. The van der Waals surface area contributed by atoms with E-state index in [-0.39, 0.29) is 0 Å². The summed E-state index contributed by atoms with van der Waals surface area (Å²) in [4.78, 5) is 45.4. The third-order valence-corrected chi connectivity index (χ3v) is 6.99. The lowest BCUT2D eigenvalue weighted by Gasteiger charge is -2.10. The largest absolute Gasteiger partial charge is 0.498 e. The zero-order valence-corrected chi connectivity index (χ0v) is 36.3. The van der Waals surface area contributed by atoms with Gasteiger partial charge in [0.1, 0.15) is 17.3 Å². The van der Waals surface area contributed by atoms with E-state index in [9.17, 15) is 14.4 Å². The van der Waals surface area contributed by atoms with E-state index in [0.29, 0.717) is 79.7 Å². The van der Waals surface area contributed by atoms with E-state index >= 15 is 0 Å². The second kappa shape index (κ2) is 35.4. The fraction of sp³-hybridized carbons (Fsp3) is 0.391. The average molecular weight is 805 g/mol. The highest BCUT2D eigenvalue weighted by molar-refractivity contribution is 5.91. The zero-order valence-electron chi connectivity index (χ0n) is 36.3. The predicted octanol–water partition coefficient (Wildman–Crippen LogP) is 10.5. The summed E-state index contributed by atoms with van der Waals surface area (Å²) in [6, 6.07) is 13.8. The van der Waals surface area contributed by atoms with E-state index in [4.69, 9.17) is 28.5 Å². The molecular weight excluding hydrogens is 741 g/mol. The number of esters is 3. The number of carbonyl (C=O) groups is 4. The SMILES string of the molecule is C=CC(=O)OCCCCO/C(C)=C/C=C(\CC)C(=O)Oc1ccc(/C=N/N=C/C(C)=C/C(C)=C(\CC)OC(=O)c2ccc(OCC)cc2)cc1.CC.CC.COC=O. The third-order valence-electron chi connectivity index (χ3n) is 6.99. The molecule has 2 aromatic carbocycles. The molecule has 0 fully saturated rings. The van der Waals surface area contributed by atoms with Crippen molar-refractivity contribution < 1.29 is 47.6 Å². The van der Waals surface area contributed by atoms with E-state index in [1.807, 2.05) is 68.4 Å². The van der Waals surface area contributed by atoms with Crippen molar-refractivity contribution in [1.82, 2.24) is 0 Å². The lowest BCUT2D eigenvalue weighted by molar-refractivity contribution is -0.138. The van der Waals surface area contributed by atoms with Crippen LogP contribution in [0.15, 0.2) is 118 Å². The van der Waals surface area contributed by atoms with E-state index in [0.717, 1.165) is 29.2 Å².